The first-order valence-corrected chi connectivity index (χ1v) is 5.59. The molecule has 0 atom stereocenters. The summed E-state index contributed by atoms with van der Waals surface area (Å²) in [4.78, 5) is 2.09. The summed E-state index contributed by atoms with van der Waals surface area (Å²) in [7, 11) is 2.02. The SMILES string of the molecule is C=CC1=C(C=C)C(=C)N(C)C1.CC.CC. The van der Waals surface area contributed by atoms with Crippen molar-refractivity contribution in [3.63, 3.8) is 0 Å². The molecule has 1 nitrogen and oxygen atoms in total. The standard InChI is InChI=1S/C10H13N.2C2H6/c1-5-9-7-11(4)8(3)10(9)6-2;2*1-2/h5-6H,1-3,7H2,4H3;2*1-2H3. The first-order chi connectivity index (χ1) is 7.20. The highest BCUT2D eigenvalue weighted by Crippen LogP contribution is 2.26. The average Bonchev–Trinajstić information content (AvgIpc) is 2.60. The highest BCUT2D eigenvalue weighted by molar-refractivity contribution is 5.49. The van der Waals surface area contributed by atoms with Crippen LogP contribution < -0.4 is 0 Å². The number of allylic oxidation sites excluding steroid dienone is 1. The van der Waals surface area contributed by atoms with Gasteiger partial charge in [0, 0.05) is 24.9 Å². The summed E-state index contributed by atoms with van der Waals surface area (Å²) in [6.45, 7) is 20.3. The molecule has 1 aliphatic heterocycles. The van der Waals surface area contributed by atoms with Crippen LogP contribution in [0.1, 0.15) is 27.7 Å². The van der Waals surface area contributed by atoms with Crippen molar-refractivity contribution in [3.05, 3.63) is 48.7 Å². The maximum atomic E-state index is 3.93. The summed E-state index contributed by atoms with van der Waals surface area (Å²) in [5, 5.41) is 0. The van der Waals surface area contributed by atoms with E-state index in [4.69, 9.17) is 0 Å². The van der Waals surface area contributed by atoms with Crippen molar-refractivity contribution in [1.82, 2.24) is 4.90 Å². The van der Waals surface area contributed by atoms with Crippen LogP contribution in [-0.4, -0.2) is 18.5 Å². The normalized spacial score (nSPS) is 13.7. The molecule has 0 aromatic carbocycles. The molecule has 1 aliphatic rings. The number of nitrogens with zero attached hydrogens (tertiary/aromatic N) is 1. The van der Waals surface area contributed by atoms with Gasteiger partial charge in [0.1, 0.15) is 0 Å². The van der Waals surface area contributed by atoms with Crippen LogP contribution in [0.5, 0.6) is 0 Å². The summed E-state index contributed by atoms with van der Waals surface area (Å²) in [6, 6.07) is 0. The van der Waals surface area contributed by atoms with Crippen molar-refractivity contribution >= 4 is 0 Å². The maximum Gasteiger partial charge on any atom is 0.0432 e. The molecule has 0 aromatic rings. The van der Waals surface area contributed by atoms with Crippen molar-refractivity contribution in [2.24, 2.45) is 0 Å². The molecule has 1 rings (SSSR count). The zero-order chi connectivity index (χ0) is 12.4. The van der Waals surface area contributed by atoms with Gasteiger partial charge in [-0.2, -0.15) is 0 Å². The third-order valence-corrected chi connectivity index (χ3v) is 1.98. The van der Waals surface area contributed by atoms with E-state index in [1.807, 2.05) is 46.9 Å². The molecule has 0 radical (unpaired) electrons. The molecule has 0 unspecified atom stereocenters. The van der Waals surface area contributed by atoms with E-state index in [2.05, 4.69) is 24.6 Å². The minimum Gasteiger partial charge on any atom is -0.370 e. The average molecular weight is 207 g/mol. The van der Waals surface area contributed by atoms with Crippen molar-refractivity contribution in [3.8, 4) is 0 Å². The van der Waals surface area contributed by atoms with Crippen LogP contribution in [0.3, 0.4) is 0 Å². The molecule has 1 heteroatoms. The van der Waals surface area contributed by atoms with Crippen LogP contribution in [0.4, 0.5) is 0 Å². The fourth-order valence-electron chi connectivity index (χ4n) is 1.25. The Bertz CT molecular complexity index is 246. The van der Waals surface area contributed by atoms with Crippen LogP contribution in [-0.2, 0) is 0 Å². The van der Waals surface area contributed by atoms with Crippen molar-refractivity contribution in [2.45, 2.75) is 27.7 Å². The Hall–Kier alpha value is -1.24. The van der Waals surface area contributed by atoms with Crippen LogP contribution in [0.15, 0.2) is 48.7 Å². The van der Waals surface area contributed by atoms with Gasteiger partial charge < -0.3 is 4.90 Å². The molecule has 0 spiro atoms. The lowest BCUT2D eigenvalue weighted by Crippen LogP contribution is -2.11. The Balaban J connectivity index is 0. The number of hydrogen-bond donors (Lipinski definition) is 0. The summed E-state index contributed by atoms with van der Waals surface area (Å²) in [6.07, 6.45) is 3.70. The van der Waals surface area contributed by atoms with E-state index < -0.39 is 0 Å². The smallest absolute Gasteiger partial charge is 0.0432 e. The zero-order valence-corrected chi connectivity index (χ0v) is 10.9. The second kappa shape index (κ2) is 9.32. The summed E-state index contributed by atoms with van der Waals surface area (Å²) >= 11 is 0. The monoisotopic (exact) mass is 207 g/mol. The fourth-order valence-corrected chi connectivity index (χ4v) is 1.25. The Labute approximate surface area is 95.5 Å². The maximum absolute atomic E-state index is 3.93. The highest BCUT2D eigenvalue weighted by Gasteiger charge is 2.17. The Morgan fingerprint density at radius 1 is 1.07 bits per heavy atom. The predicted octanol–water partition coefficient (Wildman–Crippen LogP) is 4.17. The van der Waals surface area contributed by atoms with Gasteiger partial charge in [0.05, 0.1) is 0 Å². The molecular weight excluding hydrogens is 182 g/mol. The largest absolute Gasteiger partial charge is 0.370 e. The summed E-state index contributed by atoms with van der Waals surface area (Å²) in [5.74, 6) is 0. The van der Waals surface area contributed by atoms with Gasteiger partial charge >= 0.3 is 0 Å². The minimum atomic E-state index is 0.906. The molecule has 0 bridgehead atoms. The van der Waals surface area contributed by atoms with Crippen molar-refractivity contribution in [2.75, 3.05) is 13.6 Å². The second-order valence-electron chi connectivity index (χ2n) is 2.65. The topological polar surface area (TPSA) is 3.24 Å². The third-order valence-electron chi connectivity index (χ3n) is 1.98. The molecule has 1 heterocycles. The van der Waals surface area contributed by atoms with E-state index in [1.165, 1.54) is 5.57 Å². The predicted molar refractivity (Wildman–Crippen MR) is 71.9 cm³/mol. The number of likely N-dealkylation sites (N-methyl/N-ethyl adjacent to an activating group) is 1. The first kappa shape index (κ1) is 16.2. The minimum absolute atomic E-state index is 0.906. The lowest BCUT2D eigenvalue weighted by Gasteiger charge is -2.11. The first-order valence-electron chi connectivity index (χ1n) is 5.59. The summed E-state index contributed by atoms with van der Waals surface area (Å²) in [5.41, 5.74) is 3.38. The lowest BCUT2D eigenvalue weighted by atomic mass is 10.1. The molecule has 0 fully saturated rings. The van der Waals surface area contributed by atoms with Gasteiger partial charge in [-0.1, -0.05) is 59.6 Å². The third kappa shape index (κ3) is 4.20. The molecule has 0 saturated carbocycles. The Kier molecular flexibility index (Phi) is 10.1. The van der Waals surface area contributed by atoms with E-state index >= 15 is 0 Å². The van der Waals surface area contributed by atoms with Crippen LogP contribution in [0.2, 0.25) is 0 Å². The van der Waals surface area contributed by atoms with Gasteiger partial charge in [-0.15, -0.1) is 0 Å². The van der Waals surface area contributed by atoms with E-state index in [0.29, 0.717) is 0 Å². The van der Waals surface area contributed by atoms with Gasteiger partial charge in [-0.05, 0) is 5.57 Å². The van der Waals surface area contributed by atoms with Crippen LogP contribution >= 0.6 is 0 Å². The van der Waals surface area contributed by atoms with E-state index in [9.17, 15) is 0 Å². The summed E-state index contributed by atoms with van der Waals surface area (Å²) < 4.78 is 0. The van der Waals surface area contributed by atoms with Crippen molar-refractivity contribution in [1.29, 1.82) is 0 Å². The van der Waals surface area contributed by atoms with E-state index in [0.717, 1.165) is 17.8 Å². The molecule has 15 heavy (non-hydrogen) atoms. The Morgan fingerprint density at radius 2 is 1.53 bits per heavy atom. The second-order valence-corrected chi connectivity index (χ2v) is 2.65. The van der Waals surface area contributed by atoms with E-state index in [-0.39, 0.29) is 0 Å². The van der Waals surface area contributed by atoms with E-state index in [1.54, 1.807) is 0 Å². The Morgan fingerprint density at radius 3 is 1.80 bits per heavy atom. The fraction of sp³-hybridized carbons (Fsp3) is 0.429. The number of hydrogen-bond acceptors (Lipinski definition) is 1. The lowest BCUT2D eigenvalue weighted by molar-refractivity contribution is 0.495. The molecule has 0 amide bonds. The van der Waals surface area contributed by atoms with Gasteiger partial charge in [0.25, 0.3) is 0 Å². The molecule has 0 aromatic heterocycles. The van der Waals surface area contributed by atoms with Crippen molar-refractivity contribution < 1.29 is 0 Å². The number of rotatable bonds is 2. The quantitative estimate of drug-likeness (QED) is 0.657. The zero-order valence-electron chi connectivity index (χ0n) is 10.9. The van der Waals surface area contributed by atoms with Crippen LogP contribution in [0.25, 0.3) is 0 Å². The molecule has 0 saturated heterocycles. The van der Waals surface area contributed by atoms with Crippen LogP contribution in [0, 0.1) is 0 Å². The van der Waals surface area contributed by atoms with Gasteiger partial charge in [-0.25, -0.2) is 0 Å². The van der Waals surface area contributed by atoms with Gasteiger partial charge in [0.2, 0.25) is 0 Å². The molecule has 86 valence electrons. The highest BCUT2D eigenvalue weighted by atomic mass is 15.1. The molecular formula is C14H25N. The molecule has 0 aliphatic carbocycles. The van der Waals surface area contributed by atoms with Gasteiger partial charge in [0.15, 0.2) is 0 Å². The molecule has 0 N–H and O–H groups in total. The van der Waals surface area contributed by atoms with Gasteiger partial charge in [-0.3, -0.25) is 0 Å².